The molecule has 3 heterocycles. The van der Waals surface area contributed by atoms with Crippen LogP contribution >= 0.6 is 0 Å². The smallest absolute Gasteiger partial charge is 0.0872 e. The van der Waals surface area contributed by atoms with Crippen molar-refractivity contribution < 1.29 is 5.11 Å². The summed E-state index contributed by atoms with van der Waals surface area (Å²) in [6.07, 6.45) is 12.1. The van der Waals surface area contributed by atoms with Crippen molar-refractivity contribution in [3.05, 3.63) is 65.4 Å². The number of nitrogens with one attached hydrogen (secondary N) is 2. The molecule has 0 saturated carbocycles. The molecule has 0 spiro atoms. The van der Waals surface area contributed by atoms with Gasteiger partial charge in [-0.3, -0.25) is 0 Å². The number of allylic oxidation sites excluding steroid dienone is 2. The minimum absolute atomic E-state index is 0.287. The van der Waals surface area contributed by atoms with Crippen LogP contribution in [0.5, 0.6) is 0 Å². The Morgan fingerprint density at radius 2 is 2.05 bits per heavy atom. The molecule has 1 aliphatic heterocycles. The first-order chi connectivity index (χ1) is 10.8. The number of rotatable bonds is 7. The quantitative estimate of drug-likeness (QED) is 0.673. The molecule has 1 aliphatic rings. The van der Waals surface area contributed by atoms with Gasteiger partial charge in [-0.1, -0.05) is 6.42 Å². The van der Waals surface area contributed by atoms with E-state index in [1.165, 1.54) is 5.69 Å². The Balaban J connectivity index is 1.62. The van der Waals surface area contributed by atoms with Crippen molar-refractivity contribution in [1.82, 2.24) is 9.97 Å². The Labute approximate surface area is 130 Å². The molecule has 22 heavy (non-hydrogen) atoms. The van der Waals surface area contributed by atoms with Crippen LogP contribution in [-0.2, 0) is 6.42 Å². The van der Waals surface area contributed by atoms with Gasteiger partial charge in [0.25, 0.3) is 0 Å². The fourth-order valence-corrected chi connectivity index (χ4v) is 2.55. The monoisotopic (exact) mass is 295 g/mol. The third-order valence-electron chi connectivity index (χ3n) is 3.71. The number of hydrogen-bond donors (Lipinski definition) is 3. The molecule has 4 heteroatoms. The lowest BCUT2D eigenvalue weighted by Gasteiger charge is -1.97. The Morgan fingerprint density at radius 3 is 2.86 bits per heavy atom. The van der Waals surface area contributed by atoms with Gasteiger partial charge in [-0.15, -0.1) is 0 Å². The number of aliphatic imine (C=N–C) groups is 1. The van der Waals surface area contributed by atoms with E-state index in [2.05, 4.69) is 33.2 Å². The number of unbranched alkanes of at least 4 members (excludes halogenated alkanes) is 2. The van der Waals surface area contributed by atoms with Crippen LogP contribution in [0.15, 0.2) is 53.3 Å². The lowest BCUT2D eigenvalue weighted by molar-refractivity contribution is 0.283. The number of aryl methyl sites for hydroxylation is 1. The van der Waals surface area contributed by atoms with Gasteiger partial charge in [-0.05, 0) is 61.8 Å². The third kappa shape index (κ3) is 3.65. The normalized spacial score (nSPS) is 15.7. The van der Waals surface area contributed by atoms with E-state index in [4.69, 9.17) is 5.11 Å². The highest BCUT2D eigenvalue weighted by Gasteiger charge is 2.07. The summed E-state index contributed by atoms with van der Waals surface area (Å²) >= 11 is 0. The summed E-state index contributed by atoms with van der Waals surface area (Å²) in [5, 5.41) is 8.78. The SMILES string of the molecule is OCCCCCc1ccc(/C=C2\C=CC(c3ccc[nH]3)=N2)[nH]1. The predicted octanol–water partition coefficient (Wildman–Crippen LogP) is 3.45. The molecule has 3 rings (SSSR count). The van der Waals surface area contributed by atoms with Crippen LogP contribution in [0.1, 0.15) is 36.3 Å². The first-order valence-corrected chi connectivity index (χ1v) is 7.76. The van der Waals surface area contributed by atoms with E-state index in [0.29, 0.717) is 0 Å². The van der Waals surface area contributed by atoms with Crippen molar-refractivity contribution in [3.8, 4) is 0 Å². The third-order valence-corrected chi connectivity index (χ3v) is 3.71. The van der Waals surface area contributed by atoms with E-state index < -0.39 is 0 Å². The Bertz CT molecular complexity index is 690. The number of aromatic amines is 2. The van der Waals surface area contributed by atoms with Crippen molar-refractivity contribution in [3.63, 3.8) is 0 Å². The summed E-state index contributed by atoms with van der Waals surface area (Å²) in [6, 6.07) is 8.21. The molecule has 4 nitrogen and oxygen atoms in total. The number of nitrogens with zero attached hydrogens (tertiary/aromatic N) is 1. The highest BCUT2D eigenvalue weighted by Crippen LogP contribution is 2.17. The molecule has 2 aromatic rings. The van der Waals surface area contributed by atoms with E-state index in [1.807, 2.05) is 30.5 Å². The van der Waals surface area contributed by atoms with Crippen LogP contribution < -0.4 is 0 Å². The van der Waals surface area contributed by atoms with Gasteiger partial charge >= 0.3 is 0 Å². The largest absolute Gasteiger partial charge is 0.396 e. The van der Waals surface area contributed by atoms with Gasteiger partial charge in [-0.25, -0.2) is 4.99 Å². The van der Waals surface area contributed by atoms with Crippen LogP contribution in [0.3, 0.4) is 0 Å². The summed E-state index contributed by atoms with van der Waals surface area (Å²) in [7, 11) is 0. The summed E-state index contributed by atoms with van der Waals surface area (Å²) in [5.41, 5.74) is 5.27. The molecule has 0 radical (unpaired) electrons. The zero-order chi connectivity index (χ0) is 15.2. The van der Waals surface area contributed by atoms with E-state index in [9.17, 15) is 0 Å². The van der Waals surface area contributed by atoms with Gasteiger partial charge in [0.05, 0.1) is 17.1 Å². The van der Waals surface area contributed by atoms with Crippen LogP contribution in [0.25, 0.3) is 6.08 Å². The number of aliphatic hydroxyl groups excluding tert-OH is 1. The summed E-state index contributed by atoms with van der Waals surface area (Å²) < 4.78 is 0. The van der Waals surface area contributed by atoms with Gasteiger partial charge in [0.15, 0.2) is 0 Å². The second-order valence-electron chi connectivity index (χ2n) is 5.46. The first-order valence-electron chi connectivity index (χ1n) is 7.76. The molecule has 2 aromatic heterocycles. The maximum Gasteiger partial charge on any atom is 0.0872 e. The van der Waals surface area contributed by atoms with Crippen LogP contribution in [0, 0.1) is 0 Å². The predicted molar refractivity (Wildman–Crippen MR) is 89.9 cm³/mol. The molecule has 0 aromatic carbocycles. The molecule has 114 valence electrons. The Hall–Kier alpha value is -2.33. The van der Waals surface area contributed by atoms with Gasteiger partial charge in [0, 0.05) is 24.2 Å². The zero-order valence-electron chi connectivity index (χ0n) is 12.5. The molecule has 0 atom stereocenters. The summed E-state index contributed by atoms with van der Waals surface area (Å²) in [6.45, 7) is 0.287. The van der Waals surface area contributed by atoms with E-state index in [0.717, 1.165) is 48.5 Å². The zero-order valence-corrected chi connectivity index (χ0v) is 12.5. The van der Waals surface area contributed by atoms with Gasteiger partial charge in [0.2, 0.25) is 0 Å². The van der Waals surface area contributed by atoms with Gasteiger partial charge < -0.3 is 15.1 Å². The Morgan fingerprint density at radius 1 is 1.09 bits per heavy atom. The van der Waals surface area contributed by atoms with E-state index >= 15 is 0 Å². The molecule has 0 unspecified atom stereocenters. The molecular weight excluding hydrogens is 274 g/mol. The molecule has 0 bridgehead atoms. The molecule has 0 amide bonds. The molecule has 0 fully saturated rings. The van der Waals surface area contributed by atoms with Crippen molar-refractivity contribution in [1.29, 1.82) is 0 Å². The second-order valence-corrected chi connectivity index (χ2v) is 5.46. The summed E-state index contributed by atoms with van der Waals surface area (Å²) in [5.74, 6) is 0. The number of H-pyrrole nitrogens is 2. The van der Waals surface area contributed by atoms with E-state index in [-0.39, 0.29) is 6.61 Å². The van der Waals surface area contributed by atoms with Gasteiger partial charge in [0.1, 0.15) is 0 Å². The average molecular weight is 295 g/mol. The van der Waals surface area contributed by atoms with Crippen molar-refractivity contribution in [2.45, 2.75) is 25.7 Å². The lowest BCUT2D eigenvalue weighted by atomic mass is 10.1. The molecule has 3 N–H and O–H groups in total. The van der Waals surface area contributed by atoms with Crippen molar-refractivity contribution >= 4 is 11.8 Å². The number of aliphatic hydroxyl groups is 1. The van der Waals surface area contributed by atoms with Crippen molar-refractivity contribution in [2.24, 2.45) is 4.99 Å². The standard InChI is InChI=1S/C18H21N3O/c22-12-3-1-2-5-14-7-8-15(20-14)13-16-9-10-18(21-16)17-6-4-11-19-17/h4,6-11,13,19-20,22H,1-3,5,12H2/b16-13+. The first kappa shape index (κ1) is 14.6. The lowest BCUT2D eigenvalue weighted by Crippen LogP contribution is -1.92. The fourth-order valence-electron chi connectivity index (χ4n) is 2.55. The average Bonchev–Trinajstić information content (AvgIpc) is 3.25. The number of hydrogen-bond acceptors (Lipinski definition) is 2. The summed E-state index contributed by atoms with van der Waals surface area (Å²) in [4.78, 5) is 11.2. The van der Waals surface area contributed by atoms with Crippen LogP contribution in [-0.4, -0.2) is 27.4 Å². The fraction of sp³-hybridized carbons (Fsp3) is 0.278. The van der Waals surface area contributed by atoms with Crippen LogP contribution in [0.2, 0.25) is 0 Å². The number of aromatic nitrogens is 2. The highest BCUT2D eigenvalue weighted by molar-refractivity contribution is 6.10. The minimum Gasteiger partial charge on any atom is -0.396 e. The van der Waals surface area contributed by atoms with Crippen LogP contribution in [0.4, 0.5) is 0 Å². The van der Waals surface area contributed by atoms with E-state index in [1.54, 1.807) is 0 Å². The highest BCUT2D eigenvalue weighted by atomic mass is 16.2. The maximum absolute atomic E-state index is 8.78. The maximum atomic E-state index is 8.78. The second kappa shape index (κ2) is 7.09. The van der Waals surface area contributed by atoms with Crippen molar-refractivity contribution in [2.75, 3.05) is 6.61 Å². The topological polar surface area (TPSA) is 64.2 Å². The minimum atomic E-state index is 0.287. The molecular formula is C18H21N3O. The Kier molecular flexibility index (Phi) is 4.71. The molecule has 0 saturated heterocycles. The van der Waals surface area contributed by atoms with Gasteiger partial charge in [-0.2, -0.15) is 0 Å². The molecule has 0 aliphatic carbocycles.